The largest absolute Gasteiger partial charge is 0.339 e. The fourth-order valence-corrected chi connectivity index (χ4v) is 7.41. The number of ketones is 2. The van der Waals surface area contributed by atoms with Gasteiger partial charge in [-0.3, -0.25) is 19.2 Å². The van der Waals surface area contributed by atoms with Crippen LogP contribution in [0.4, 0.5) is 11.4 Å². The number of rotatable bonds is 2. The van der Waals surface area contributed by atoms with Crippen molar-refractivity contribution in [3.05, 3.63) is 122 Å². The lowest BCUT2D eigenvalue weighted by Crippen LogP contribution is -2.26. The molecule has 0 radical (unpaired) electrons. The minimum atomic E-state index is -0.718. The van der Waals surface area contributed by atoms with Gasteiger partial charge in [-0.25, -0.2) is 0 Å². The molecule has 46 heavy (non-hydrogen) atoms. The Balaban J connectivity index is 1.29. The second kappa shape index (κ2) is 11.1. The lowest BCUT2D eigenvalue weighted by Gasteiger charge is -2.23. The van der Waals surface area contributed by atoms with Crippen molar-refractivity contribution in [3.63, 3.8) is 0 Å². The molecule has 0 saturated heterocycles. The molecular formula is C31H11Cl7N4O4. The monoisotopic (exact) mass is 748 g/mol. The molecule has 2 amide bonds. The molecule has 0 unspecified atom stereocenters. The van der Waals surface area contributed by atoms with Gasteiger partial charge < -0.3 is 10.6 Å². The summed E-state index contributed by atoms with van der Waals surface area (Å²) in [6, 6.07) is 9.22. The number of amides is 2. The first kappa shape index (κ1) is 31.1. The van der Waals surface area contributed by atoms with Crippen LogP contribution in [0, 0.1) is 6.92 Å². The first-order valence-electron chi connectivity index (χ1n) is 13.0. The van der Waals surface area contributed by atoms with Crippen LogP contribution in [0.2, 0.25) is 35.2 Å². The number of amidine groups is 2. The maximum atomic E-state index is 14.1. The van der Waals surface area contributed by atoms with E-state index in [0.717, 1.165) is 0 Å². The smallest absolute Gasteiger partial charge is 0.281 e. The molecule has 2 heterocycles. The van der Waals surface area contributed by atoms with Gasteiger partial charge in [-0.2, -0.15) is 9.98 Å². The standard InChI is InChI=1S/C31H11Cl7N4O4/c1-8-13-16(20(33)23(36)19(8)32)28(41-30(13)45)39-11-6-2-4-9-14(11)26(43)10-5-3-7-12(15(10)27(9)44)40-29-17-18(31(46)42-29)22(35)25(38)24(37)21(17)34/h2-7H,1H3,(H,39,41,45)(H,40,42,46). The summed E-state index contributed by atoms with van der Waals surface area (Å²) in [5.41, 5.74) is 1.44. The normalized spacial score (nSPS) is 14.5. The van der Waals surface area contributed by atoms with Crippen molar-refractivity contribution in [1.82, 2.24) is 0 Å². The first-order chi connectivity index (χ1) is 21.8. The number of hydrogen-bond acceptors (Lipinski definition) is 6. The zero-order valence-corrected chi connectivity index (χ0v) is 27.9. The fraction of sp³-hybridized carbons (Fsp3) is 0.0323. The third kappa shape index (κ3) is 4.36. The van der Waals surface area contributed by atoms with E-state index >= 15 is 0 Å². The van der Waals surface area contributed by atoms with Crippen LogP contribution in [0.5, 0.6) is 0 Å². The van der Waals surface area contributed by atoms with Gasteiger partial charge in [0.15, 0.2) is 11.6 Å². The highest BCUT2D eigenvalue weighted by molar-refractivity contribution is 6.55. The number of carbonyl (C=O) groups excluding carboxylic acids is 4. The number of hydrogen-bond donors (Lipinski definition) is 2. The Morgan fingerprint density at radius 2 is 0.870 bits per heavy atom. The Hall–Kier alpha value is -3.47. The number of carbonyl (C=O) groups is 4. The van der Waals surface area contributed by atoms with Crippen molar-refractivity contribution in [2.45, 2.75) is 6.92 Å². The number of anilines is 2. The van der Waals surface area contributed by atoms with Crippen molar-refractivity contribution in [3.8, 4) is 0 Å². The quantitative estimate of drug-likeness (QED) is 0.137. The van der Waals surface area contributed by atoms with E-state index in [1.165, 1.54) is 12.1 Å². The molecule has 15 heteroatoms. The number of aliphatic imine (C=N–C) groups is 2. The summed E-state index contributed by atoms with van der Waals surface area (Å²) >= 11 is 44.2. The molecule has 3 aliphatic rings. The molecule has 2 N–H and O–H groups in total. The van der Waals surface area contributed by atoms with Gasteiger partial charge in [0, 0.05) is 11.1 Å². The number of nitrogens with one attached hydrogen (secondary N) is 2. The van der Waals surface area contributed by atoms with Crippen molar-refractivity contribution in [2.24, 2.45) is 9.98 Å². The highest BCUT2D eigenvalue weighted by Crippen LogP contribution is 2.45. The van der Waals surface area contributed by atoms with Gasteiger partial charge in [0.1, 0.15) is 11.7 Å². The molecule has 0 atom stereocenters. The lowest BCUT2D eigenvalue weighted by molar-refractivity contribution is 0.0980. The van der Waals surface area contributed by atoms with E-state index in [9.17, 15) is 19.2 Å². The minimum Gasteiger partial charge on any atom is -0.339 e. The topological polar surface area (TPSA) is 117 Å². The molecule has 1 aliphatic carbocycles. The highest BCUT2D eigenvalue weighted by Gasteiger charge is 2.38. The summed E-state index contributed by atoms with van der Waals surface area (Å²) in [6.45, 7) is 1.62. The zero-order valence-electron chi connectivity index (χ0n) is 22.6. The van der Waals surface area contributed by atoms with Crippen molar-refractivity contribution in [2.75, 3.05) is 10.6 Å². The van der Waals surface area contributed by atoms with E-state index in [-0.39, 0.29) is 103 Å². The number of fused-ring (bicyclic) bond motifs is 4. The van der Waals surface area contributed by atoms with Crippen LogP contribution in [0.3, 0.4) is 0 Å². The Bertz CT molecular complexity index is 2120. The molecule has 4 aromatic carbocycles. The Labute approximate surface area is 294 Å². The van der Waals surface area contributed by atoms with Gasteiger partial charge in [0.2, 0.25) is 0 Å². The molecule has 7 rings (SSSR count). The van der Waals surface area contributed by atoms with E-state index in [4.69, 9.17) is 81.2 Å². The van der Waals surface area contributed by atoms with Crippen LogP contribution < -0.4 is 10.6 Å². The van der Waals surface area contributed by atoms with Gasteiger partial charge in [-0.15, -0.1) is 0 Å². The Morgan fingerprint density at radius 1 is 0.478 bits per heavy atom. The van der Waals surface area contributed by atoms with E-state index in [1.807, 2.05) is 0 Å². The van der Waals surface area contributed by atoms with Crippen LogP contribution in [-0.2, 0) is 0 Å². The third-order valence-corrected chi connectivity index (χ3v) is 11.0. The zero-order chi connectivity index (χ0) is 32.9. The van der Waals surface area contributed by atoms with E-state index in [1.54, 1.807) is 31.2 Å². The molecule has 0 aromatic heterocycles. The summed E-state index contributed by atoms with van der Waals surface area (Å²) in [4.78, 5) is 61.8. The second-order valence-electron chi connectivity index (χ2n) is 10.2. The van der Waals surface area contributed by atoms with Gasteiger partial charge in [-0.05, 0) is 24.6 Å². The van der Waals surface area contributed by atoms with Crippen LogP contribution in [-0.4, -0.2) is 35.1 Å². The molecule has 0 bridgehead atoms. The van der Waals surface area contributed by atoms with E-state index in [0.29, 0.717) is 5.56 Å². The molecule has 0 saturated carbocycles. The van der Waals surface area contributed by atoms with Gasteiger partial charge in [0.05, 0.1) is 79.9 Å². The fourth-order valence-electron chi connectivity index (χ4n) is 5.63. The third-order valence-electron chi connectivity index (χ3n) is 7.73. The maximum Gasteiger partial charge on any atom is 0.281 e. The minimum absolute atomic E-state index is 0.0115. The summed E-state index contributed by atoms with van der Waals surface area (Å²) in [7, 11) is 0. The predicted molar refractivity (Wildman–Crippen MR) is 181 cm³/mol. The number of halogens is 7. The van der Waals surface area contributed by atoms with Gasteiger partial charge in [0.25, 0.3) is 11.8 Å². The van der Waals surface area contributed by atoms with Crippen molar-refractivity contribution < 1.29 is 19.2 Å². The van der Waals surface area contributed by atoms with Crippen molar-refractivity contribution in [1.29, 1.82) is 0 Å². The Morgan fingerprint density at radius 3 is 1.35 bits per heavy atom. The van der Waals surface area contributed by atoms with Gasteiger partial charge in [-0.1, -0.05) is 105 Å². The Kier molecular flexibility index (Phi) is 7.49. The molecular weight excluding hydrogens is 741 g/mol. The van der Waals surface area contributed by atoms with Crippen LogP contribution in [0.25, 0.3) is 0 Å². The number of benzene rings is 4. The molecule has 8 nitrogen and oxygen atoms in total. The number of nitrogens with zero attached hydrogens (tertiary/aromatic N) is 2. The SMILES string of the molecule is Cc1c(Cl)c(Cl)c(Cl)c2c1C(=O)N=C2Nc1cccc2c1C(=O)c1cccc(NC3=NC(=O)c4c(Cl)c(Cl)c(Cl)c(Cl)c43)c1C2=O. The van der Waals surface area contributed by atoms with Gasteiger partial charge >= 0.3 is 0 Å². The molecule has 0 spiro atoms. The molecule has 2 aliphatic heterocycles. The highest BCUT2D eigenvalue weighted by atomic mass is 35.5. The maximum absolute atomic E-state index is 14.1. The predicted octanol–water partition coefficient (Wildman–Crippen LogP) is 9.37. The summed E-state index contributed by atoms with van der Waals surface area (Å²) < 4.78 is 0. The molecule has 0 fully saturated rings. The van der Waals surface area contributed by atoms with E-state index < -0.39 is 23.4 Å². The second-order valence-corrected chi connectivity index (χ2v) is 12.9. The summed E-state index contributed by atoms with van der Waals surface area (Å²) in [5.74, 6) is -2.31. The average Bonchev–Trinajstić information content (AvgIpc) is 3.54. The molecule has 228 valence electrons. The molecule has 4 aromatic rings. The van der Waals surface area contributed by atoms with Crippen molar-refractivity contribution >= 4 is 128 Å². The summed E-state index contributed by atoms with van der Waals surface area (Å²) in [5, 5.41) is 5.79. The van der Waals surface area contributed by atoms with Crippen LogP contribution in [0.1, 0.15) is 69.2 Å². The summed E-state index contributed by atoms with van der Waals surface area (Å²) in [6.07, 6.45) is 0. The van der Waals surface area contributed by atoms with E-state index in [2.05, 4.69) is 20.6 Å². The first-order valence-corrected chi connectivity index (χ1v) is 15.7. The van der Waals surface area contributed by atoms with Crippen LogP contribution >= 0.6 is 81.2 Å². The van der Waals surface area contributed by atoms with Crippen LogP contribution in [0.15, 0.2) is 46.4 Å². The average molecular weight is 752 g/mol. The lowest BCUT2D eigenvalue weighted by atomic mass is 9.82.